The molecule has 0 aliphatic carbocycles. The summed E-state index contributed by atoms with van der Waals surface area (Å²) in [6.45, 7) is 0. The fraction of sp³-hybridized carbons (Fsp3) is 0. The van der Waals surface area contributed by atoms with Crippen molar-refractivity contribution in [1.82, 2.24) is 24.8 Å². The number of benzene rings is 1. The summed E-state index contributed by atoms with van der Waals surface area (Å²) < 4.78 is 15.6. The van der Waals surface area contributed by atoms with Crippen molar-refractivity contribution >= 4 is 27.9 Å². The zero-order chi connectivity index (χ0) is 15.1. The molecule has 0 spiro atoms. The molecule has 108 valence electrons. The lowest BCUT2D eigenvalue weighted by Gasteiger charge is -1.98. The van der Waals surface area contributed by atoms with Gasteiger partial charge in [-0.2, -0.15) is 9.61 Å². The van der Waals surface area contributed by atoms with Crippen LogP contribution < -0.4 is 0 Å². The van der Waals surface area contributed by atoms with E-state index in [9.17, 15) is 4.39 Å². The maximum atomic E-state index is 14.0. The highest BCUT2D eigenvalue weighted by atomic mass is 35.5. The van der Waals surface area contributed by atoms with Crippen molar-refractivity contribution in [1.29, 1.82) is 0 Å². The summed E-state index contributed by atoms with van der Waals surface area (Å²) in [5.74, 6) is 0.153. The first kappa shape index (κ1) is 13.3. The molecular formula is C14H7ClFN5S. The number of nitrogens with zero attached hydrogens (tertiary/aromatic N) is 5. The number of hydrogen-bond donors (Lipinski definition) is 0. The molecule has 4 aromatic rings. The minimum absolute atomic E-state index is 0.347. The van der Waals surface area contributed by atoms with Gasteiger partial charge in [-0.1, -0.05) is 22.9 Å². The van der Waals surface area contributed by atoms with Crippen LogP contribution in [-0.2, 0) is 0 Å². The van der Waals surface area contributed by atoms with Crippen LogP contribution in [0, 0.1) is 5.82 Å². The topological polar surface area (TPSA) is 56.0 Å². The first-order valence-electron chi connectivity index (χ1n) is 6.30. The number of pyridine rings is 1. The van der Waals surface area contributed by atoms with Crippen LogP contribution in [0.4, 0.5) is 4.39 Å². The Balaban J connectivity index is 1.87. The van der Waals surface area contributed by atoms with Crippen molar-refractivity contribution in [3.63, 3.8) is 0 Å². The Kier molecular flexibility index (Phi) is 3.09. The molecule has 0 N–H and O–H groups in total. The highest BCUT2D eigenvalue weighted by molar-refractivity contribution is 7.19. The maximum absolute atomic E-state index is 14.0. The second-order valence-electron chi connectivity index (χ2n) is 4.49. The number of fused-ring (bicyclic) bond motifs is 1. The molecule has 0 aliphatic heterocycles. The van der Waals surface area contributed by atoms with E-state index in [2.05, 4.69) is 20.3 Å². The normalized spacial score (nSPS) is 11.2. The van der Waals surface area contributed by atoms with Gasteiger partial charge in [0, 0.05) is 28.5 Å². The van der Waals surface area contributed by atoms with E-state index >= 15 is 0 Å². The molecular weight excluding hydrogens is 325 g/mol. The van der Waals surface area contributed by atoms with Gasteiger partial charge < -0.3 is 0 Å². The minimum Gasteiger partial charge on any atom is -0.264 e. The standard InChI is InChI=1S/C14H7ClFN5S/c15-9-3-4-10(11(16)6-9)13-20-21-12(18-19-14(21)22-13)8-2-1-5-17-7-8/h1-7H. The van der Waals surface area contributed by atoms with Gasteiger partial charge in [-0.25, -0.2) is 4.39 Å². The highest BCUT2D eigenvalue weighted by Crippen LogP contribution is 2.30. The average molecular weight is 332 g/mol. The molecule has 0 unspecified atom stereocenters. The molecule has 0 aliphatic rings. The Morgan fingerprint density at radius 1 is 1.18 bits per heavy atom. The van der Waals surface area contributed by atoms with Gasteiger partial charge in [-0.3, -0.25) is 4.98 Å². The van der Waals surface area contributed by atoms with Crippen molar-refractivity contribution in [2.45, 2.75) is 0 Å². The van der Waals surface area contributed by atoms with Crippen molar-refractivity contribution in [2.24, 2.45) is 0 Å². The van der Waals surface area contributed by atoms with Crippen LogP contribution in [0.15, 0.2) is 42.7 Å². The van der Waals surface area contributed by atoms with Crippen LogP contribution in [0.2, 0.25) is 5.02 Å². The van der Waals surface area contributed by atoms with Gasteiger partial charge in [-0.05, 0) is 30.3 Å². The number of aromatic nitrogens is 5. The summed E-state index contributed by atoms with van der Waals surface area (Å²) in [5.41, 5.74) is 1.18. The van der Waals surface area contributed by atoms with E-state index in [0.717, 1.165) is 5.56 Å². The van der Waals surface area contributed by atoms with Crippen LogP contribution in [-0.4, -0.2) is 24.8 Å². The molecule has 22 heavy (non-hydrogen) atoms. The highest BCUT2D eigenvalue weighted by Gasteiger charge is 2.16. The Labute approximate surface area is 133 Å². The third-order valence-electron chi connectivity index (χ3n) is 3.07. The van der Waals surface area contributed by atoms with Crippen molar-refractivity contribution in [3.8, 4) is 22.0 Å². The van der Waals surface area contributed by atoms with E-state index in [-0.39, 0.29) is 0 Å². The smallest absolute Gasteiger partial charge is 0.235 e. The molecule has 0 amide bonds. The lowest BCUT2D eigenvalue weighted by molar-refractivity contribution is 0.631. The lowest BCUT2D eigenvalue weighted by Crippen LogP contribution is -1.92. The van der Waals surface area contributed by atoms with Crippen LogP contribution in [0.1, 0.15) is 0 Å². The van der Waals surface area contributed by atoms with E-state index in [0.29, 0.717) is 26.4 Å². The molecule has 0 fully saturated rings. The third kappa shape index (κ3) is 2.15. The van der Waals surface area contributed by atoms with E-state index in [4.69, 9.17) is 11.6 Å². The fourth-order valence-corrected chi connectivity index (χ4v) is 3.09. The number of hydrogen-bond acceptors (Lipinski definition) is 5. The van der Waals surface area contributed by atoms with Crippen molar-refractivity contribution in [3.05, 3.63) is 53.6 Å². The van der Waals surface area contributed by atoms with Crippen LogP contribution in [0.5, 0.6) is 0 Å². The zero-order valence-electron chi connectivity index (χ0n) is 10.9. The predicted octanol–water partition coefficient (Wildman–Crippen LogP) is 3.71. The molecule has 1 aromatic carbocycles. The molecule has 4 rings (SSSR count). The fourth-order valence-electron chi connectivity index (χ4n) is 2.06. The van der Waals surface area contributed by atoms with Crippen LogP contribution in [0.25, 0.3) is 26.9 Å². The molecule has 0 saturated heterocycles. The zero-order valence-corrected chi connectivity index (χ0v) is 12.5. The van der Waals surface area contributed by atoms with Gasteiger partial charge in [0.1, 0.15) is 5.82 Å². The first-order chi connectivity index (χ1) is 10.7. The van der Waals surface area contributed by atoms with Crippen LogP contribution in [0.3, 0.4) is 0 Å². The summed E-state index contributed by atoms with van der Waals surface area (Å²) in [4.78, 5) is 4.64. The Morgan fingerprint density at radius 3 is 2.86 bits per heavy atom. The monoisotopic (exact) mass is 331 g/mol. The van der Waals surface area contributed by atoms with Gasteiger partial charge in [0.05, 0.1) is 0 Å². The molecule has 0 atom stereocenters. The third-order valence-corrected chi connectivity index (χ3v) is 4.24. The molecule has 8 heteroatoms. The average Bonchev–Trinajstić information content (AvgIpc) is 3.08. The number of rotatable bonds is 2. The molecule has 0 radical (unpaired) electrons. The van der Waals surface area contributed by atoms with Crippen molar-refractivity contribution in [2.75, 3.05) is 0 Å². The molecule has 0 saturated carbocycles. The summed E-state index contributed by atoms with van der Waals surface area (Å²) >= 11 is 7.04. The Morgan fingerprint density at radius 2 is 2.09 bits per heavy atom. The Bertz CT molecular complexity index is 966. The van der Waals surface area contributed by atoms with E-state index in [1.807, 2.05) is 12.1 Å². The molecule has 0 bridgehead atoms. The summed E-state index contributed by atoms with van der Waals surface area (Å²) in [5, 5.41) is 13.5. The summed E-state index contributed by atoms with van der Waals surface area (Å²) in [6, 6.07) is 8.17. The minimum atomic E-state index is -0.416. The van der Waals surface area contributed by atoms with Crippen LogP contribution >= 0.6 is 22.9 Å². The quantitative estimate of drug-likeness (QED) is 0.562. The first-order valence-corrected chi connectivity index (χ1v) is 7.50. The van der Waals surface area contributed by atoms with Crippen molar-refractivity contribution < 1.29 is 4.39 Å². The second kappa shape index (κ2) is 5.11. The van der Waals surface area contributed by atoms with E-state index in [1.54, 1.807) is 29.0 Å². The van der Waals surface area contributed by atoms with E-state index in [1.165, 1.54) is 17.4 Å². The van der Waals surface area contributed by atoms with E-state index < -0.39 is 5.82 Å². The molecule has 3 heterocycles. The summed E-state index contributed by atoms with van der Waals surface area (Å²) in [6.07, 6.45) is 3.36. The maximum Gasteiger partial charge on any atom is 0.235 e. The summed E-state index contributed by atoms with van der Waals surface area (Å²) in [7, 11) is 0. The van der Waals surface area contributed by atoms with Gasteiger partial charge in [0.2, 0.25) is 4.96 Å². The number of halogens is 2. The lowest BCUT2D eigenvalue weighted by atomic mass is 10.2. The SMILES string of the molecule is Fc1cc(Cl)ccc1-c1nn2c(-c3cccnc3)nnc2s1. The van der Waals surface area contributed by atoms with Gasteiger partial charge >= 0.3 is 0 Å². The van der Waals surface area contributed by atoms with Gasteiger partial charge in [0.25, 0.3) is 0 Å². The van der Waals surface area contributed by atoms with Gasteiger partial charge in [0.15, 0.2) is 10.8 Å². The Hall–Kier alpha value is -2.38. The molecule has 5 nitrogen and oxygen atoms in total. The largest absolute Gasteiger partial charge is 0.264 e. The second-order valence-corrected chi connectivity index (χ2v) is 5.88. The molecule has 3 aromatic heterocycles. The van der Waals surface area contributed by atoms with Gasteiger partial charge in [-0.15, -0.1) is 10.2 Å². The predicted molar refractivity (Wildman–Crippen MR) is 82.3 cm³/mol.